The van der Waals surface area contributed by atoms with E-state index in [1.807, 2.05) is 0 Å². The lowest BCUT2D eigenvalue weighted by molar-refractivity contribution is -0.156. The second-order valence-electron chi connectivity index (χ2n) is 6.57. The molecule has 0 aromatic carbocycles. The maximum absolute atomic E-state index is 12.0. The van der Waals surface area contributed by atoms with Crippen molar-refractivity contribution in [3.05, 3.63) is 0 Å². The number of amides is 4. The lowest BCUT2D eigenvalue weighted by Gasteiger charge is -2.19. The van der Waals surface area contributed by atoms with Crippen molar-refractivity contribution in [1.82, 2.24) is 15.5 Å². The number of hydrogen-bond acceptors (Lipinski definition) is 5. The molecule has 1 atom stereocenters. The first-order valence-corrected chi connectivity index (χ1v) is 7.84. The summed E-state index contributed by atoms with van der Waals surface area (Å²) in [7, 11) is 0. The third-order valence-electron chi connectivity index (χ3n) is 4.11. The topological polar surface area (TPSA) is 105 Å². The fourth-order valence-corrected chi connectivity index (χ4v) is 2.77. The van der Waals surface area contributed by atoms with E-state index in [4.69, 9.17) is 4.74 Å². The van der Waals surface area contributed by atoms with E-state index in [1.165, 1.54) is 6.92 Å². The fourth-order valence-electron chi connectivity index (χ4n) is 2.77. The van der Waals surface area contributed by atoms with Crippen LogP contribution in [0, 0.1) is 0 Å². The van der Waals surface area contributed by atoms with Crippen LogP contribution in [0.15, 0.2) is 0 Å². The maximum atomic E-state index is 12.0. The molecule has 8 heteroatoms. The predicted molar refractivity (Wildman–Crippen MR) is 80.3 cm³/mol. The molecule has 4 amide bonds. The first-order valence-electron chi connectivity index (χ1n) is 7.84. The fraction of sp³-hybridized carbons (Fsp3) is 0.733. The first kappa shape index (κ1) is 17.2. The number of urea groups is 1. The number of nitrogens with zero attached hydrogens (tertiary/aromatic N) is 1. The Kier molecular flexibility index (Phi) is 4.91. The lowest BCUT2D eigenvalue weighted by Crippen LogP contribution is -2.44. The van der Waals surface area contributed by atoms with Gasteiger partial charge in [0.1, 0.15) is 12.1 Å². The van der Waals surface area contributed by atoms with E-state index in [-0.39, 0.29) is 11.9 Å². The monoisotopic (exact) mass is 325 g/mol. The largest absolute Gasteiger partial charge is 0.451 e. The number of rotatable bonds is 5. The highest BCUT2D eigenvalue weighted by molar-refractivity contribution is 6.08. The Labute approximate surface area is 134 Å². The van der Waals surface area contributed by atoms with Gasteiger partial charge in [-0.15, -0.1) is 0 Å². The smallest absolute Gasteiger partial charge is 0.327 e. The van der Waals surface area contributed by atoms with Gasteiger partial charge >= 0.3 is 12.0 Å². The predicted octanol–water partition coefficient (Wildman–Crippen LogP) is 0.307. The van der Waals surface area contributed by atoms with Crippen LogP contribution in [-0.2, 0) is 19.1 Å². The Balaban J connectivity index is 1.83. The highest BCUT2D eigenvalue weighted by Gasteiger charge is 2.45. The number of imide groups is 1. The molecule has 1 heterocycles. The van der Waals surface area contributed by atoms with Gasteiger partial charge in [0.15, 0.2) is 6.10 Å². The summed E-state index contributed by atoms with van der Waals surface area (Å²) in [6.07, 6.45) is 3.08. The summed E-state index contributed by atoms with van der Waals surface area (Å²) in [5.74, 6) is -1.65. The third-order valence-corrected chi connectivity index (χ3v) is 4.11. The van der Waals surface area contributed by atoms with E-state index in [9.17, 15) is 19.2 Å². The molecule has 0 bridgehead atoms. The molecular formula is C15H23N3O5. The Morgan fingerprint density at radius 2 is 1.96 bits per heavy atom. The van der Waals surface area contributed by atoms with Gasteiger partial charge in [0.05, 0.1) is 0 Å². The minimum Gasteiger partial charge on any atom is -0.451 e. The van der Waals surface area contributed by atoms with Crippen LogP contribution >= 0.6 is 0 Å². The minimum atomic E-state index is -1.04. The van der Waals surface area contributed by atoms with Gasteiger partial charge < -0.3 is 15.4 Å². The van der Waals surface area contributed by atoms with Crippen molar-refractivity contribution in [2.24, 2.45) is 0 Å². The molecule has 1 aliphatic carbocycles. The Hall–Kier alpha value is -2.12. The molecule has 0 aromatic heterocycles. The van der Waals surface area contributed by atoms with Crippen molar-refractivity contribution in [3.63, 3.8) is 0 Å². The van der Waals surface area contributed by atoms with Gasteiger partial charge in [-0.3, -0.25) is 19.3 Å². The summed E-state index contributed by atoms with van der Waals surface area (Å²) < 4.78 is 5.02. The lowest BCUT2D eigenvalue weighted by atomic mass is 10.1. The quantitative estimate of drug-likeness (QED) is 0.559. The molecule has 2 fully saturated rings. The zero-order valence-corrected chi connectivity index (χ0v) is 13.7. The zero-order chi connectivity index (χ0) is 17.2. The van der Waals surface area contributed by atoms with Crippen LogP contribution < -0.4 is 10.6 Å². The Morgan fingerprint density at radius 1 is 1.35 bits per heavy atom. The van der Waals surface area contributed by atoms with Gasteiger partial charge in [0.2, 0.25) is 0 Å². The summed E-state index contributed by atoms with van der Waals surface area (Å²) in [4.78, 5) is 48.3. The van der Waals surface area contributed by atoms with Gasteiger partial charge in [0.25, 0.3) is 11.8 Å². The Morgan fingerprint density at radius 3 is 2.48 bits per heavy atom. The molecular weight excluding hydrogens is 302 g/mol. The number of carbonyl (C=O) groups is 4. The third kappa shape index (κ3) is 4.00. The van der Waals surface area contributed by atoms with Crippen molar-refractivity contribution in [2.75, 3.05) is 6.54 Å². The van der Waals surface area contributed by atoms with Crippen LogP contribution in [0.5, 0.6) is 0 Å². The van der Waals surface area contributed by atoms with Crippen LogP contribution in [0.4, 0.5) is 4.79 Å². The molecule has 1 saturated carbocycles. The molecule has 2 rings (SSSR count). The maximum Gasteiger partial charge on any atom is 0.327 e. The molecule has 23 heavy (non-hydrogen) atoms. The average Bonchev–Trinajstić information content (AvgIpc) is 3.01. The van der Waals surface area contributed by atoms with Gasteiger partial charge in [-0.25, -0.2) is 4.79 Å². The first-order chi connectivity index (χ1) is 10.7. The number of esters is 1. The van der Waals surface area contributed by atoms with Gasteiger partial charge in [-0.2, -0.15) is 0 Å². The van der Waals surface area contributed by atoms with E-state index in [0.717, 1.165) is 30.6 Å². The van der Waals surface area contributed by atoms with E-state index in [0.29, 0.717) is 0 Å². The van der Waals surface area contributed by atoms with Crippen LogP contribution in [0.3, 0.4) is 0 Å². The molecule has 0 radical (unpaired) electrons. The second kappa shape index (κ2) is 6.55. The molecule has 8 nitrogen and oxygen atoms in total. The molecule has 2 aliphatic rings. The van der Waals surface area contributed by atoms with Gasteiger partial charge in [0, 0.05) is 6.04 Å². The molecule has 128 valence electrons. The standard InChI is InChI=1S/C15H23N3O5/c1-9(12(20)16-10-6-4-5-7-10)23-11(19)8-18-13(21)15(2,3)17-14(18)22/h9-10H,4-8H2,1-3H3,(H,16,20)(H,17,22). The van der Waals surface area contributed by atoms with E-state index >= 15 is 0 Å². The number of ether oxygens (including phenoxy) is 1. The number of nitrogens with one attached hydrogen (secondary N) is 2. The van der Waals surface area contributed by atoms with Crippen molar-refractivity contribution in [3.8, 4) is 0 Å². The van der Waals surface area contributed by atoms with Crippen molar-refractivity contribution >= 4 is 23.8 Å². The molecule has 1 saturated heterocycles. The van der Waals surface area contributed by atoms with Gasteiger partial charge in [-0.1, -0.05) is 12.8 Å². The van der Waals surface area contributed by atoms with E-state index in [1.54, 1.807) is 13.8 Å². The van der Waals surface area contributed by atoms with Crippen LogP contribution in [0.1, 0.15) is 46.5 Å². The summed E-state index contributed by atoms with van der Waals surface area (Å²) in [6, 6.07) is -0.504. The number of hydrogen-bond donors (Lipinski definition) is 2. The van der Waals surface area contributed by atoms with Crippen LogP contribution in [0.25, 0.3) is 0 Å². The minimum absolute atomic E-state index is 0.135. The zero-order valence-electron chi connectivity index (χ0n) is 13.7. The van der Waals surface area contributed by atoms with Gasteiger partial charge in [-0.05, 0) is 33.6 Å². The SMILES string of the molecule is CC(OC(=O)CN1C(=O)NC(C)(C)C1=O)C(=O)NC1CCCC1. The van der Waals surface area contributed by atoms with Crippen molar-refractivity contribution < 1.29 is 23.9 Å². The molecule has 0 aromatic rings. The number of carbonyl (C=O) groups excluding carboxylic acids is 4. The molecule has 0 spiro atoms. The molecule has 1 unspecified atom stereocenters. The summed E-state index contributed by atoms with van der Waals surface area (Å²) >= 11 is 0. The summed E-state index contributed by atoms with van der Waals surface area (Å²) in [5, 5.41) is 5.31. The van der Waals surface area contributed by atoms with Crippen LogP contribution in [0.2, 0.25) is 0 Å². The highest BCUT2D eigenvalue weighted by Crippen LogP contribution is 2.18. The van der Waals surface area contributed by atoms with E-state index < -0.39 is 36.1 Å². The van der Waals surface area contributed by atoms with Crippen molar-refractivity contribution in [2.45, 2.75) is 64.1 Å². The Bertz CT molecular complexity index is 525. The van der Waals surface area contributed by atoms with E-state index in [2.05, 4.69) is 10.6 Å². The van der Waals surface area contributed by atoms with Crippen LogP contribution in [-0.4, -0.2) is 52.9 Å². The highest BCUT2D eigenvalue weighted by atomic mass is 16.5. The molecule has 2 N–H and O–H groups in total. The second-order valence-corrected chi connectivity index (χ2v) is 6.57. The summed E-state index contributed by atoms with van der Waals surface area (Å²) in [5.41, 5.74) is -1.04. The van der Waals surface area contributed by atoms with Crippen molar-refractivity contribution in [1.29, 1.82) is 0 Å². The average molecular weight is 325 g/mol. The normalized spacial score (nSPS) is 22.0. The molecule has 1 aliphatic heterocycles. The summed E-state index contributed by atoms with van der Waals surface area (Å²) in [6.45, 7) is 4.07.